The molecule has 3 rings (SSSR count). The van der Waals surface area contributed by atoms with Crippen molar-refractivity contribution in [3.63, 3.8) is 0 Å². The molecule has 3 fully saturated rings. The third-order valence-corrected chi connectivity index (χ3v) is 6.54. The van der Waals surface area contributed by atoms with Gasteiger partial charge in [0.05, 0.1) is 12.2 Å². The van der Waals surface area contributed by atoms with E-state index < -0.39 is 0 Å². The van der Waals surface area contributed by atoms with Gasteiger partial charge in [0.25, 0.3) is 0 Å². The highest BCUT2D eigenvalue weighted by Gasteiger charge is 2.34. The lowest BCUT2D eigenvalue weighted by molar-refractivity contribution is -0.0375. The second-order valence-corrected chi connectivity index (χ2v) is 8.11. The van der Waals surface area contributed by atoms with Gasteiger partial charge in [-0.05, 0) is 44.4 Å². The summed E-state index contributed by atoms with van der Waals surface area (Å²) in [5, 5.41) is 10.2. The van der Waals surface area contributed by atoms with Crippen molar-refractivity contribution >= 4 is 11.6 Å². The van der Waals surface area contributed by atoms with Gasteiger partial charge in [-0.2, -0.15) is 0 Å². The lowest BCUT2D eigenvalue weighted by atomic mass is 9.86. The Morgan fingerprint density at radius 3 is 2.55 bits per heavy atom. The van der Waals surface area contributed by atoms with Crippen molar-refractivity contribution in [2.45, 2.75) is 87.8 Å². The minimum Gasteiger partial charge on any atom is -0.392 e. The number of alkyl halides is 1. The fraction of sp³-hybridized carbons (Fsp3) is 1.00. The Morgan fingerprint density at radius 1 is 1.00 bits per heavy atom. The van der Waals surface area contributed by atoms with Gasteiger partial charge in [-0.1, -0.05) is 25.7 Å². The molecule has 0 aromatic carbocycles. The predicted octanol–water partition coefficient (Wildman–Crippen LogP) is 3.57. The third kappa shape index (κ3) is 4.37. The monoisotopic (exact) mass is 329 g/mol. The Kier molecular flexibility index (Phi) is 6.43. The molecular formula is C18H32ClNO2. The van der Waals surface area contributed by atoms with Crippen LogP contribution in [0.3, 0.4) is 0 Å². The first-order valence-corrected chi connectivity index (χ1v) is 9.85. The number of ether oxygens (including phenoxy) is 1. The Balaban J connectivity index is 1.45. The molecule has 4 heteroatoms. The van der Waals surface area contributed by atoms with Crippen LogP contribution in [-0.2, 0) is 4.74 Å². The first kappa shape index (κ1) is 17.0. The molecule has 2 aliphatic carbocycles. The van der Waals surface area contributed by atoms with Crippen LogP contribution in [0.4, 0.5) is 0 Å². The van der Waals surface area contributed by atoms with Gasteiger partial charge in [0, 0.05) is 31.1 Å². The van der Waals surface area contributed by atoms with Crippen LogP contribution < -0.4 is 0 Å². The summed E-state index contributed by atoms with van der Waals surface area (Å²) in [6.45, 7) is 2.75. The van der Waals surface area contributed by atoms with E-state index in [1.807, 2.05) is 0 Å². The van der Waals surface area contributed by atoms with E-state index >= 15 is 0 Å². The van der Waals surface area contributed by atoms with Gasteiger partial charge in [-0.3, -0.25) is 4.90 Å². The van der Waals surface area contributed by atoms with Crippen LogP contribution in [0, 0.1) is 5.92 Å². The summed E-state index contributed by atoms with van der Waals surface area (Å²) in [4.78, 5) is 2.47. The van der Waals surface area contributed by atoms with E-state index in [2.05, 4.69) is 4.90 Å². The Bertz CT molecular complexity index is 341. The Labute approximate surface area is 140 Å². The highest BCUT2D eigenvalue weighted by molar-refractivity contribution is 6.20. The third-order valence-electron chi connectivity index (χ3n) is 5.97. The fourth-order valence-electron chi connectivity index (χ4n) is 4.62. The zero-order valence-corrected chi connectivity index (χ0v) is 14.5. The summed E-state index contributed by atoms with van der Waals surface area (Å²) in [7, 11) is 0. The lowest BCUT2D eigenvalue weighted by Crippen LogP contribution is -2.46. The number of hydrogen-bond acceptors (Lipinski definition) is 3. The molecule has 3 nitrogen and oxygen atoms in total. The zero-order valence-electron chi connectivity index (χ0n) is 13.8. The second-order valence-electron chi connectivity index (χ2n) is 7.55. The molecule has 5 atom stereocenters. The van der Waals surface area contributed by atoms with E-state index in [0.29, 0.717) is 23.4 Å². The van der Waals surface area contributed by atoms with E-state index in [9.17, 15) is 5.11 Å². The van der Waals surface area contributed by atoms with Crippen LogP contribution in [0.25, 0.3) is 0 Å². The minimum absolute atomic E-state index is 0.123. The van der Waals surface area contributed by atoms with Crippen molar-refractivity contribution in [3.05, 3.63) is 0 Å². The minimum atomic E-state index is -0.123. The van der Waals surface area contributed by atoms with Crippen LogP contribution in [-0.4, -0.2) is 53.3 Å². The summed E-state index contributed by atoms with van der Waals surface area (Å²) in [5.74, 6) is 0.658. The zero-order chi connectivity index (χ0) is 15.4. The molecule has 0 aromatic rings. The molecule has 22 heavy (non-hydrogen) atoms. The largest absolute Gasteiger partial charge is 0.392 e. The van der Waals surface area contributed by atoms with E-state index in [1.165, 1.54) is 51.4 Å². The Hall–Kier alpha value is 0.170. The summed E-state index contributed by atoms with van der Waals surface area (Å²) >= 11 is 6.46. The molecule has 1 heterocycles. The van der Waals surface area contributed by atoms with Crippen molar-refractivity contribution < 1.29 is 9.84 Å². The van der Waals surface area contributed by atoms with Gasteiger partial charge >= 0.3 is 0 Å². The normalized spacial score (nSPS) is 40.9. The molecule has 1 N–H and O–H groups in total. The molecular weight excluding hydrogens is 298 g/mol. The van der Waals surface area contributed by atoms with Crippen molar-refractivity contribution in [1.29, 1.82) is 0 Å². The molecule has 1 saturated heterocycles. The van der Waals surface area contributed by atoms with E-state index in [0.717, 1.165) is 32.5 Å². The topological polar surface area (TPSA) is 32.7 Å². The van der Waals surface area contributed by atoms with Crippen LogP contribution >= 0.6 is 11.6 Å². The number of hydrogen-bond donors (Lipinski definition) is 1. The van der Waals surface area contributed by atoms with Gasteiger partial charge in [0.15, 0.2) is 0 Å². The van der Waals surface area contributed by atoms with E-state index in [1.54, 1.807) is 0 Å². The molecule has 128 valence electrons. The second kappa shape index (κ2) is 8.32. The van der Waals surface area contributed by atoms with Crippen LogP contribution in [0.15, 0.2) is 0 Å². The van der Waals surface area contributed by atoms with Crippen LogP contribution in [0.1, 0.15) is 64.2 Å². The van der Waals surface area contributed by atoms with Gasteiger partial charge in [0.1, 0.15) is 0 Å². The fourth-order valence-corrected chi connectivity index (χ4v) is 5.02. The summed E-state index contributed by atoms with van der Waals surface area (Å²) in [5.41, 5.74) is 0. The molecule has 0 bridgehead atoms. The molecule has 5 unspecified atom stereocenters. The van der Waals surface area contributed by atoms with Crippen molar-refractivity contribution in [2.75, 3.05) is 19.7 Å². The van der Waals surface area contributed by atoms with Crippen molar-refractivity contribution in [2.24, 2.45) is 5.92 Å². The van der Waals surface area contributed by atoms with E-state index in [-0.39, 0.29) is 6.10 Å². The molecule has 0 radical (unpaired) electrons. The first-order chi connectivity index (χ1) is 10.7. The van der Waals surface area contributed by atoms with Gasteiger partial charge in [-0.25, -0.2) is 0 Å². The van der Waals surface area contributed by atoms with Gasteiger partial charge in [-0.15, -0.1) is 11.6 Å². The number of halogens is 1. The van der Waals surface area contributed by atoms with E-state index in [4.69, 9.17) is 16.3 Å². The van der Waals surface area contributed by atoms with Crippen LogP contribution in [0.2, 0.25) is 0 Å². The van der Waals surface area contributed by atoms with Gasteiger partial charge in [0.2, 0.25) is 0 Å². The molecule has 0 aromatic heterocycles. The predicted molar refractivity (Wildman–Crippen MR) is 90.4 cm³/mol. The number of aliphatic hydroxyl groups excluding tert-OH is 1. The number of likely N-dealkylation sites (tertiary alicyclic amines) is 1. The number of nitrogens with zero attached hydrogens (tertiary/aromatic N) is 1. The smallest absolute Gasteiger partial charge is 0.0730 e. The Morgan fingerprint density at radius 2 is 1.77 bits per heavy atom. The van der Waals surface area contributed by atoms with Crippen molar-refractivity contribution in [3.8, 4) is 0 Å². The molecule has 0 spiro atoms. The molecule has 2 saturated carbocycles. The summed E-state index contributed by atoms with van der Waals surface area (Å²) < 4.78 is 6.31. The standard InChI is InChI=1S/C18H32ClNO2/c19-16-6-2-1-5-14(16)10-12-22-18-8-4-3-7-17(18)20-11-9-15(21)13-20/h14-18,21H,1-13H2. The lowest BCUT2D eigenvalue weighted by Gasteiger charge is -2.38. The quantitative estimate of drug-likeness (QED) is 0.783. The average molecular weight is 330 g/mol. The number of rotatable bonds is 5. The summed E-state index contributed by atoms with van der Waals surface area (Å²) in [6, 6.07) is 0.532. The van der Waals surface area contributed by atoms with Crippen LogP contribution in [0.5, 0.6) is 0 Å². The first-order valence-electron chi connectivity index (χ1n) is 9.42. The summed E-state index contributed by atoms with van der Waals surface area (Å²) in [6.07, 6.45) is 12.4. The van der Waals surface area contributed by atoms with Gasteiger partial charge < -0.3 is 9.84 Å². The number of aliphatic hydroxyl groups is 1. The maximum Gasteiger partial charge on any atom is 0.0730 e. The molecule has 1 aliphatic heterocycles. The maximum atomic E-state index is 9.79. The molecule has 0 amide bonds. The average Bonchev–Trinajstić information content (AvgIpc) is 2.96. The highest BCUT2D eigenvalue weighted by atomic mass is 35.5. The SMILES string of the molecule is OC1CCN(C2CCCCC2OCCC2CCCCC2Cl)C1. The maximum absolute atomic E-state index is 9.79. The highest BCUT2D eigenvalue weighted by Crippen LogP contribution is 2.32. The number of β-amino-alcohol motifs (C(OH)–C–C–N with tert-alkyl or cyclic N) is 1. The van der Waals surface area contributed by atoms with Crippen molar-refractivity contribution in [1.82, 2.24) is 4.90 Å². The molecule has 3 aliphatic rings.